The van der Waals surface area contributed by atoms with E-state index in [9.17, 15) is 22.8 Å². The van der Waals surface area contributed by atoms with E-state index >= 15 is 0 Å². The van der Waals surface area contributed by atoms with Gasteiger partial charge < -0.3 is 9.55 Å². The zero-order valence-electron chi connectivity index (χ0n) is 8.78. The fourth-order valence-electron chi connectivity index (χ4n) is 1.39. The lowest BCUT2D eigenvalue weighted by molar-refractivity contribution is -0.140. The van der Waals surface area contributed by atoms with Crippen LogP contribution in [0.2, 0.25) is 0 Å². The number of imidazole rings is 1. The van der Waals surface area contributed by atoms with E-state index in [-0.39, 0.29) is 11.3 Å². The molecule has 18 heavy (non-hydrogen) atoms. The summed E-state index contributed by atoms with van der Waals surface area (Å²) >= 11 is 0. The number of nitrogens with zero attached hydrogens (tertiary/aromatic N) is 2. The van der Waals surface area contributed by atoms with Gasteiger partial charge >= 0.3 is 11.9 Å². The maximum Gasteiger partial charge on any atom is 0.406 e. The van der Waals surface area contributed by atoms with Crippen LogP contribution in [0.25, 0.3) is 11.3 Å². The van der Waals surface area contributed by atoms with Crippen molar-refractivity contribution in [2.24, 2.45) is 0 Å². The molecule has 2 heterocycles. The molecular weight excluding hydrogens is 253 g/mol. The van der Waals surface area contributed by atoms with Gasteiger partial charge in [0.2, 0.25) is 0 Å². The van der Waals surface area contributed by atoms with Gasteiger partial charge in [0.05, 0.1) is 17.6 Å². The van der Waals surface area contributed by atoms with E-state index in [4.69, 9.17) is 0 Å². The third-order valence-corrected chi connectivity index (χ3v) is 2.09. The number of aromatic nitrogens is 4. The first-order chi connectivity index (χ1) is 8.35. The first-order valence-corrected chi connectivity index (χ1v) is 4.76. The van der Waals surface area contributed by atoms with Gasteiger partial charge in [-0.15, -0.1) is 0 Å². The molecule has 9 heteroatoms. The van der Waals surface area contributed by atoms with Crippen LogP contribution in [-0.4, -0.2) is 25.7 Å². The molecule has 96 valence electrons. The Morgan fingerprint density at radius 2 is 2.06 bits per heavy atom. The van der Waals surface area contributed by atoms with Crippen LogP contribution in [0, 0.1) is 0 Å². The minimum atomic E-state index is -4.37. The van der Waals surface area contributed by atoms with Crippen molar-refractivity contribution in [1.29, 1.82) is 0 Å². The van der Waals surface area contributed by atoms with Crippen molar-refractivity contribution in [2.75, 3.05) is 0 Å². The number of aromatic amines is 2. The normalized spacial score (nSPS) is 11.7. The summed E-state index contributed by atoms with van der Waals surface area (Å²) in [5, 5.41) is 0. The molecule has 0 aromatic carbocycles. The largest absolute Gasteiger partial charge is 0.406 e. The molecule has 2 aromatic rings. The Morgan fingerprint density at radius 1 is 1.33 bits per heavy atom. The predicted octanol–water partition coefficient (Wildman–Crippen LogP) is 0.489. The predicted molar refractivity (Wildman–Crippen MR) is 55.0 cm³/mol. The molecule has 0 aliphatic heterocycles. The lowest BCUT2D eigenvalue weighted by Crippen LogP contribution is -2.22. The smallest absolute Gasteiger partial charge is 0.328 e. The molecule has 2 aromatic heterocycles. The van der Waals surface area contributed by atoms with Crippen LogP contribution in [0.5, 0.6) is 0 Å². The van der Waals surface area contributed by atoms with Crippen LogP contribution >= 0.6 is 0 Å². The van der Waals surface area contributed by atoms with Gasteiger partial charge in [0.1, 0.15) is 6.54 Å². The van der Waals surface area contributed by atoms with Crippen molar-refractivity contribution in [3.8, 4) is 11.3 Å². The summed E-state index contributed by atoms with van der Waals surface area (Å²) in [5.74, 6) is 0. The van der Waals surface area contributed by atoms with E-state index in [1.807, 2.05) is 4.98 Å². The summed E-state index contributed by atoms with van der Waals surface area (Å²) in [5.41, 5.74) is -1.36. The SMILES string of the molecule is O=c1[nH]cc(-c2cn(CC(F)(F)F)cn2)c(=O)[nH]1. The minimum absolute atomic E-state index is 0.00414. The molecule has 0 unspecified atom stereocenters. The summed E-state index contributed by atoms with van der Waals surface area (Å²) in [6.07, 6.45) is -1.22. The fourth-order valence-corrected chi connectivity index (χ4v) is 1.39. The summed E-state index contributed by atoms with van der Waals surface area (Å²) in [4.78, 5) is 30.0. The highest BCUT2D eigenvalue weighted by Gasteiger charge is 2.28. The van der Waals surface area contributed by atoms with Gasteiger partial charge in [0.15, 0.2) is 0 Å². The van der Waals surface area contributed by atoms with Gasteiger partial charge in [0, 0.05) is 12.4 Å². The van der Waals surface area contributed by atoms with Gasteiger partial charge in [-0.05, 0) is 0 Å². The van der Waals surface area contributed by atoms with Crippen molar-refractivity contribution in [2.45, 2.75) is 12.7 Å². The van der Waals surface area contributed by atoms with Crippen LogP contribution in [0.4, 0.5) is 13.2 Å². The number of nitrogens with one attached hydrogen (secondary N) is 2. The quantitative estimate of drug-likeness (QED) is 0.824. The molecule has 6 nitrogen and oxygen atoms in total. The average Bonchev–Trinajstić information content (AvgIpc) is 2.63. The van der Waals surface area contributed by atoms with Crippen LogP contribution in [0.1, 0.15) is 0 Å². The molecule has 0 spiro atoms. The molecule has 2 rings (SSSR count). The lowest BCUT2D eigenvalue weighted by atomic mass is 10.2. The highest BCUT2D eigenvalue weighted by atomic mass is 19.4. The van der Waals surface area contributed by atoms with Crippen LogP contribution < -0.4 is 11.2 Å². The van der Waals surface area contributed by atoms with E-state index in [0.717, 1.165) is 23.3 Å². The Bertz CT molecular complexity index is 667. The van der Waals surface area contributed by atoms with Crippen LogP contribution in [0.15, 0.2) is 28.3 Å². The Labute approximate surface area is 97.1 Å². The second-order valence-electron chi connectivity index (χ2n) is 3.53. The topological polar surface area (TPSA) is 83.5 Å². The van der Waals surface area contributed by atoms with Gasteiger partial charge in [-0.1, -0.05) is 0 Å². The van der Waals surface area contributed by atoms with Crippen molar-refractivity contribution in [3.63, 3.8) is 0 Å². The minimum Gasteiger partial charge on any atom is -0.328 e. The number of alkyl halides is 3. The van der Waals surface area contributed by atoms with Crippen molar-refractivity contribution >= 4 is 0 Å². The molecule has 0 fully saturated rings. The van der Waals surface area contributed by atoms with E-state index in [0.29, 0.717) is 0 Å². The molecule has 0 saturated heterocycles. The molecule has 0 radical (unpaired) electrons. The summed E-state index contributed by atoms with van der Waals surface area (Å²) in [6.45, 7) is -1.19. The first kappa shape index (κ1) is 12.1. The summed E-state index contributed by atoms with van der Waals surface area (Å²) in [7, 11) is 0. The fraction of sp³-hybridized carbons (Fsp3) is 0.222. The van der Waals surface area contributed by atoms with Crippen molar-refractivity contribution < 1.29 is 13.2 Å². The summed E-state index contributed by atoms with van der Waals surface area (Å²) in [6, 6.07) is 0. The Morgan fingerprint density at radius 3 is 2.67 bits per heavy atom. The van der Waals surface area contributed by atoms with E-state index in [1.165, 1.54) is 0 Å². The van der Waals surface area contributed by atoms with E-state index in [1.54, 1.807) is 0 Å². The molecule has 0 bridgehead atoms. The van der Waals surface area contributed by atoms with Gasteiger partial charge in [-0.3, -0.25) is 9.78 Å². The number of hydrogen-bond donors (Lipinski definition) is 2. The second-order valence-corrected chi connectivity index (χ2v) is 3.53. The standard InChI is InChI=1S/C9H7F3N4O2/c10-9(11,12)3-16-2-6(14-4-16)5-1-13-8(18)15-7(5)17/h1-2,4H,3H2,(H2,13,15,17,18). The van der Waals surface area contributed by atoms with Gasteiger partial charge in [-0.25, -0.2) is 9.78 Å². The highest BCUT2D eigenvalue weighted by molar-refractivity contribution is 5.55. The molecule has 0 atom stereocenters. The van der Waals surface area contributed by atoms with Crippen LogP contribution in [-0.2, 0) is 6.54 Å². The zero-order chi connectivity index (χ0) is 13.3. The van der Waals surface area contributed by atoms with E-state index in [2.05, 4.69) is 9.97 Å². The van der Waals surface area contributed by atoms with E-state index < -0.39 is 24.0 Å². The van der Waals surface area contributed by atoms with Gasteiger partial charge in [0.25, 0.3) is 5.56 Å². The molecule has 0 aliphatic rings. The molecule has 0 amide bonds. The molecular formula is C9H7F3N4O2. The van der Waals surface area contributed by atoms with Crippen LogP contribution in [0.3, 0.4) is 0 Å². The maximum atomic E-state index is 12.1. The number of halogens is 3. The van der Waals surface area contributed by atoms with Crippen molar-refractivity contribution in [3.05, 3.63) is 39.6 Å². The third-order valence-electron chi connectivity index (χ3n) is 2.09. The maximum absolute atomic E-state index is 12.1. The number of rotatable bonds is 2. The molecule has 2 N–H and O–H groups in total. The second kappa shape index (κ2) is 4.17. The van der Waals surface area contributed by atoms with Crippen molar-refractivity contribution in [1.82, 2.24) is 19.5 Å². The highest BCUT2D eigenvalue weighted by Crippen LogP contribution is 2.19. The average molecular weight is 260 g/mol. The molecule has 0 aliphatic carbocycles. The summed E-state index contributed by atoms with van der Waals surface area (Å²) < 4.78 is 37.2. The number of hydrogen-bond acceptors (Lipinski definition) is 3. The Balaban J connectivity index is 2.35. The lowest BCUT2D eigenvalue weighted by Gasteiger charge is -2.05. The Hall–Kier alpha value is -2.32. The third kappa shape index (κ3) is 2.67. The first-order valence-electron chi connectivity index (χ1n) is 4.76. The Kier molecular flexibility index (Phi) is 2.81. The van der Waals surface area contributed by atoms with Gasteiger partial charge in [-0.2, -0.15) is 13.2 Å². The monoisotopic (exact) mass is 260 g/mol. The zero-order valence-corrected chi connectivity index (χ0v) is 8.78. The number of H-pyrrole nitrogens is 2. The molecule has 0 saturated carbocycles.